The van der Waals surface area contributed by atoms with Gasteiger partial charge in [-0.1, -0.05) is 0 Å². The molecule has 1 fully saturated rings. The van der Waals surface area contributed by atoms with Crippen LogP contribution in [0.4, 0.5) is 5.82 Å². The highest BCUT2D eigenvalue weighted by Gasteiger charge is 2.40. The van der Waals surface area contributed by atoms with Gasteiger partial charge in [0, 0.05) is 11.7 Å². The van der Waals surface area contributed by atoms with Crippen LogP contribution in [0.15, 0.2) is 23.2 Å². The van der Waals surface area contributed by atoms with E-state index in [0.29, 0.717) is 11.7 Å². The lowest BCUT2D eigenvalue weighted by molar-refractivity contribution is 0.400. The summed E-state index contributed by atoms with van der Waals surface area (Å²) >= 11 is 0. The van der Waals surface area contributed by atoms with Crippen LogP contribution in [0.2, 0.25) is 0 Å². The van der Waals surface area contributed by atoms with E-state index in [2.05, 4.69) is 9.71 Å². The van der Waals surface area contributed by atoms with Crippen molar-refractivity contribution in [2.45, 2.75) is 37.1 Å². The highest BCUT2D eigenvalue weighted by molar-refractivity contribution is 7.89. The van der Waals surface area contributed by atoms with Crippen molar-refractivity contribution in [1.29, 1.82) is 0 Å². The van der Waals surface area contributed by atoms with Gasteiger partial charge in [0.2, 0.25) is 10.0 Å². The number of pyridine rings is 1. The first-order chi connectivity index (χ1) is 7.81. The predicted octanol–water partition coefficient (Wildman–Crippen LogP) is 1.13. The molecule has 0 saturated heterocycles. The van der Waals surface area contributed by atoms with Crippen molar-refractivity contribution < 1.29 is 8.42 Å². The van der Waals surface area contributed by atoms with Crippen LogP contribution in [-0.2, 0) is 10.0 Å². The monoisotopic (exact) mass is 255 g/mol. The molecular formula is C11H17N3O2S. The van der Waals surface area contributed by atoms with E-state index in [9.17, 15) is 8.42 Å². The molecule has 6 heteroatoms. The first-order valence-corrected chi connectivity index (χ1v) is 7.05. The summed E-state index contributed by atoms with van der Waals surface area (Å²) in [4.78, 5) is 3.95. The molecule has 1 saturated carbocycles. The van der Waals surface area contributed by atoms with Crippen LogP contribution < -0.4 is 10.5 Å². The van der Waals surface area contributed by atoms with E-state index in [-0.39, 0.29) is 4.90 Å². The summed E-state index contributed by atoms with van der Waals surface area (Å²) in [5.74, 6) is 0.740. The molecule has 1 aliphatic carbocycles. The summed E-state index contributed by atoms with van der Waals surface area (Å²) in [5, 5.41) is 0. The molecule has 3 N–H and O–H groups in total. The topological polar surface area (TPSA) is 85.1 Å². The van der Waals surface area contributed by atoms with Crippen LogP contribution in [0, 0.1) is 5.92 Å². The maximum Gasteiger partial charge on any atom is 0.242 e. The summed E-state index contributed by atoms with van der Waals surface area (Å²) in [6, 6.07) is 2.95. The predicted molar refractivity (Wildman–Crippen MR) is 65.8 cm³/mol. The molecule has 0 unspecified atom stereocenters. The summed E-state index contributed by atoms with van der Waals surface area (Å²) < 4.78 is 26.9. The van der Waals surface area contributed by atoms with E-state index >= 15 is 0 Å². The van der Waals surface area contributed by atoms with Gasteiger partial charge in [0.05, 0.1) is 0 Å². The van der Waals surface area contributed by atoms with E-state index in [1.165, 1.54) is 18.3 Å². The second-order valence-electron chi connectivity index (χ2n) is 5.02. The van der Waals surface area contributed by atoms with E-state index in [1.54, 1.807) is 0 Å². The van der Waals surface area contributed by atoms with Gasteiger partial charge in [-0.15, -0.1) is 0 Å². The van der Waals surface area contributed by atoms with Crippen LogP contribution >= 0.6 is 0 Å². The Bertz CT molecular complexity index is 504. The van der Waals surface area contributed by atoms with Crippen molar-refractivity contribution in [2.24, 2.45) is 5.92 Å². The fraction of sp³-hybridized carbons (Fsp3) is 0.545. The van der Waals surface area contributed by atoms with Crippen molar-refractivity contribution in [3.05, 3.63) is 18.3 Å². The molecule has 0 aromatic carbocycles. The molecule has 1 aliphatic rings. The molecule has 0 amide bonds. The Hall–Kier alpha value is -1.14. The number of aromatic nitrogens is 1. The third kappa shape index (κ3) is 2.76. The quantitative estimate of drug-likeness (QED) is 0.844. The van der Waals surface area contributed by atoms with Gasteiger partial charge >= 0.3 is 0 Å². The third-order valence-electron chi connectivity index (χ3n) is 3.06. The number of sulfonamides is 1. The average molecular weight is 255 g/mol. The van der Waals surface area contributed by atoms with Gasteiger partial charge < -0.3 is 5.73 Å². The number of rotatable bonds is 4. The molecule has 0 atom stereocenters. The van der Waals surface area contributed by atoms with Gasteiger partial charge in [-0.25, -0.2) is 18.1 Å². The van der Waals surface area contributed by atoms with Crippen molar-refractivity contribution >= 4 is 15.8 Å². The second-order valence-corrected chi connectivity index (χ2v) is 6.70. The molecule has 0 bridgehead atoms. The first-order valence-electron chi connectivity index (χ1n) is 5.57. The number of nitrogen functional groups attached to an aromatic ring is 1. The van der Waals surface area contributed by atoms with Crippen molar-refractivity contribution in [3.8, 4) is 0 Å². The highest BCUT2D eigenvalue weighted by atomic mass is 32.2. The Balaban J connectivity index is 2.21. The standard InChI is InChI=1S/C11H17N3O2S/c1-11(2,8-3-4-8)14-17(15,16)9-5-6-10(12)13-7-9/h5-8,14H,3-4H2,1-2H3,(H2,12,13). The highest BCUT2D eigenvalue weighted by Crippen LogP contribution is 2.39. The zero-order valence-corrected chi connectivity index (χ0v) is 10.8. The number of nitrogens with zero attached hydrogens (tertiary/aromatic N) is 1. The molecule has 17 heavy (non-hydrogen) atoms. The number of anilines is 1. The first kappa shape index (κ1) is 12.3. The lowest BCUT2D eigenvalue weighted by Gasteiger charge is -2.25. The Morgan fingerprint density at radius 1 is 1.41 bits per heavy atom. The Morgan fingerprint density at radius 3 is 2.53 bits per heavy atom. The van der Waals surface area contributed by atoms with Crippen LogP contribution in [-0.4, -0.2) is 18.9 Å². The Kier molecular flexibility index (Phi) is 2.87. The normalized spacial score (nSPS) is 17.1. The van der Waals surface area contributed by atoms with Gasteiger partial charge in [0.25, 0.3) is 0 Å². The maximum atomic E-state index is 12.1. The minimum atomic E-state index is -3.51. The van der Waals surface area contributed by atoms with Gasteiger partial charge in [-0.3, -0.25) is 0 Å². The number of hydrogen-bond acceptors (Lipinski definition) is 4. The van der Waals surface area contributed by atoms with E-state index in [1.807, 2.05) is 13.8 Å². The van der Waals surface area contributed by atoms with Gasteiger partial charge in [0.15, 0.2) is 0 Å². The smallest absolute Gasteiger partial charge is 0.242 e. The molecule has 94 valence electrons. The average Bonchev–Trinajstić information content (AvgIpc) is 2.99. The SMILES string of the molecule is CC(C)(NS(=O)(=O)c1ccc(N)nc1)C1CC1. The molecule has 1 aromatic rings. The number of hydrogen-bond donors (Lipinski definition) is 2. The van der Waals surface area contributed by atoms with E-state index < -0.39 is 15.6 Å². The van der Waals surface area contributed by atoms with Crippen molar-refractivity contribution in [1.82, 2.24) is 9.71 Å². The minimum absolute atomic E-state index is 0.153. The van der Waals surface area contributed by atoms with Crippen molar-refractivity contribution in [2.75, 3.05) is 5.73 Å². The Labute approximate surface area is 101 Å². The van der Waals surface area contributed by atoms with Gasteiger partial charge in [-0.05, 0) is 44.7 Å². The maximum absolute atomic E-state index is 12.1. The lowest BCUT2D eigenvalue weighted by Crippen LogP contribution is -2.45. The second kappa shape index (κ2) is 3.96. The zero-order chi connectivity index (χ0) is 12.7. The van der Waals surface area contributed by atoms with Crippen LogP contribution in [0.3, 0.4) is 0 Å². The number of nitrogens with two attached hydrogens (primary N) is 1. The van der Waals surface area contributed by atoms with Gasteiger partial charge in [-0.2, -0.15) is 0 Å². The number of nitrogens with one attached hydrogen (secondary N) is 1. The fourth-order valence-electron chi connectivity index (χ4n) is 1.84. The molecule has 0 radical (unpaired) electrons. The van der Waals surface area contributed by atoms with Crippen LogP contribution in [0.25, 0.3) is 0 Å². The van der Waals surface area contributed by atoms with Crippen LogP contribution in [0.1, 0.15) is 26.7 Å². The van der Waals surface area contributed by atoms with E-state index in [4.69, 9.17) is 5.73 Å². The van der Waals surface area contributed by atoms with Gasteiger partial charge in [0.1, 0.15) is 10.7 Å². The van der Waals surface area contributed by atoms with Crippen LogP contribution in [0.5, 0.6) is 0 Å². The fourth-order valence-corrected chi connectivity index (χ4v) is 3.26. The molecule has 0 aliphatic heterocycles. The molecule has 1 aromatic heterocycles. The lowest BCUT2D eigenvalue weighted by atomic mass is 10.0. The summed E-state index contributed by atoms with van der Waals surface area (Å²) in [6.45, 7) is 3.82. The minimum Gasteiger partial charge on any atom is -0.384 e. The van der Waals surface area contributed by atoms with E-state index in [0.717, 1.165) is 12.8 Å². The summed E-state index contributed by atoms with van der Waals surface area (Å²) in [7, 11) is -3.51. The summed E-state index contributed by atoms with van der Waals surface area (Å²) in [6.07, 6.45) is 3.44. The molecule has 2 rings (SSSR count). The molecule has 5 nitrogen and oxygen atoms in total. The van der Waals surface area contributed by atoms with Crippen molar-refractivity contribution in [3.63, 3.8) is 0 Å². The molecular weight excluding hydrogens is 238 g/mol. The summed E-state index contributed by atoms with van der Waals surface area (Å²) in [5.41, 5.74) is 5.03. The third-order valence-corrected chi connectivity index (χ3v) is 4.72. The largest absolute Gasteiger partial charge is 0.384 e. The molecule has 1 heterocycles. The zero-order valence-electron chi connectivity index (χ0n) is 9.97. The molecule has 0 spiro atoms. The Morgan fingerprint density at radius 2 is 2.06 bits per heavy atom.